The van der Waals surface area contributed by atoms with Crippen molar-refractivity contribution >= 4 is 21.7 Å². The summed E-state index contributed by atoms with van der Waals surface area (Å²) in [5, 5.41) is 8.99. The molecule has 1 N–H and O–H groups in total. The molecule has 0 fully saturated rings. The predicted molar refractivity (Wildman–Crippen MR) is 60.1 cm³/mol. The molecule has 0 spiro atoms. The summed E-state index contributed by atoms with van der Waals surface area (Å²) < 4.78 is 37.4. The highest BCUT2D eigenvalue weighted by atomic mass is 79.9. The van der Waals surface area contributed by atoms with E-state index in [9.17, 15) is 18.0 Å². The summed E-state index contributed by atoms with van der Waals surface area (Å²) in [5.41, 5.74) is -0.813. The fraction of sp³-hybridized carbons (Fsp3) is 0.364. The third-order valence-electron chi connectivity index (χ3n) is 2.23. The van der Waals surface area contributed by atoms with Gasteiger partial charge in [-0.3, -0.25) is 4.79 Å². The van der Waals surface area contributed by atoms with Crippen LogP contribution < -0.4 is 0 Å². The third kappa shape index (κ3) is 3.29. The first-order valence-corrected chi connectivity index (χ1v) is 5.68. The van der Waals surface area contributed by atoms with Crippen LogP contribution in [-0.2, 0) is 12.8 Å². The van der Waals surface area contributed by atoms with E-state index in [0.29, 0.717) is 0 Å². The van der Waals surface area contributed by atoms with Crippen molar-refractivity contribution in [1.82, 2.24) is 0 Å². The molecule has 0 saturated heterocycles. The molecule has 17 heavy (non-hydrogen) atoms. The number of carbonyl (C=O) groups is 1. The van der Waals surface area contributed by atoms with Gasteiger partial charge >= 0.3 is 6.18 Å². The molecule has 1 aromatic rings. The number of hydrogen-bond acceptors (Lipinski definition) is 2. The van der Waals surface area contributed by atoms with Crippen molar-refractivity contribution < 1.29 is 23.1 Å². The van der Waals surface area contributed by atoms with E-state index in [1.165, 1.54) is 6.92 Å². The molecule has 94 valence electrons. The minimum Gasteiger partial charge on any atom is -0.392 e. The van der Waals surface area contributed by atoms with Crippen LogP contribution in [0.3, 0.4) is 0 Å². The highest BCUT2D eigenvalue weighted by Crippen LogP contribution is 2.31. The minimum absolute atomic E-state index is 0.105. The molecule has 0 aromatic heterocycles. The van der Waals surface area contributed by atoms with Gasteiger partial charge in [0.1, 0.15) is 0 Å². The lowest BCUT2D eigenvalue weighted by Gasteiger charge is -2.12. The summed E-state index contributed by atoms with van der Waals surface area (Å²) in [7, 11) is 0. The first-order valence-electron chi connectivity index (χ1n) is 4.76. The van der Waals surface area contributed by atoms with Crippen molar-refractivity contribution in [3.8, 4) is 0 Å². The van der Waals surface area contributed by atoms with Gasteiger partial charge in [-0.25, -0.2) is 0 Å². The third-order valence-corrected chi connectivity index (χ3v) is 2.65. The molecule has 1 aromatic carbocycles. The van der Waals surface area contributed by atoms with Gasteiger partial charge in [0.15, 0.2) is 5.78 Å². The first-order chi connectivity index (χ1) is 7.77. The van der Waals surface area contributed by atoms with Gasteiger partial charge in [0.25, 0.3) is 0 Å². The molecular formula is C11H10BrF3O2. The lowest BCUT2D eigenvalue weighted by atomic mass is 9.99. The molecule has 2 nitrogen and oxygen atoms in total. The van der Waals surface area contributed by atoms with Crippen molar-refractivity contribution in [3.63, 3.8) is 0 Å². The fourth-order valence-electron chi connectivity index (χ4n) is 1.33. The molecule has 6 heteroatoms. The number of benzene rings is 1. The number of aliphatic hydroxyl groups excluding tert-OH is 1. The van der Waals surface area contributed by atoms with Gasteiger partial charge < -0.3 is 5.11 Å². The Kier molecular flexibility index (Phi) is 4.32. The van der Waals surface area contributed by atoms with Crippen LogP contribution in [-0.4, -0.2) is 15.7 Å². The van der Waals surface area contributed by atoms with E-state index in [2.05, 4.69) is 15.9 Å². The quantitative estimate of drug-likeness (QED) is 0.688. The number of aliphatic hydroxyl groups is 1. The SMILES string of the molecule is CC(Br)C(=O)c1cc(C(F)(F)F)ccc1CO. The molecule has 1 rings (SSSR count). The van der Waals surface area contributed by atoms with Gasteiger partial charge in [-0.1, -0.05) is 22.0 Å². The summed E-state index contributed by atoms with van der Waals surface area (Å²) in [6, 6.07) is 2.73. The van der Waals surface area contributed by atoms with Crippen LogP contribution in [0.2, 0.25) is 0 Å². The van der Waals surface area contributed by atoms with Crippen molar-refractivity contribution in [2.45, 2.75) is 24.5 Å². The molecule has 1 atom stereocenters. The summed E-state index contributed by atoms with van der Waals surface area (Å²) in [5.74, 6) is -0.486. The molecule has 0 radical (unpaired) electrons. The number of ketones is 1. The molecule has 0 bridgehead atoms. The van der Waals surface area contributed by atoms with E-state index in [1.807, 2.05) is 0 Å². The Bertz CT molecular complexity index is 427. The molecular weight excluding hydrogens is 301 g/mol. The van der Waals surface area contributed by atoms with E-state index in [1.54, 1.807) is 0 Å². The smallest absolute Gasteiger partial charge is 0.392 e. The van der Waals surface area contributed by atoms with Gasteiger partial charge in [0, 0.05) is 5.56 Å². The number of hydrogen-bond donors (Lipinski definition) is 1. The molecule has 0 saturated carbocycles. The fourth-order valence-corrected chi connectivity index (χ4v) is 1.58. The summed E-state index contributed by atoms with van der Waals surface area (Å²) in [4.78, 5) is 11.1. The van der Waals surface area contributed by atoms with Crippen molar-refractivity contribution in [3.05, 3.63) is 34.9 Å². The number of rotatable bonds is 3. The van der Waals surface area contributed by atoms with Gasteiger partial charge in [0.05, 0.1) is 17.0 Å². The molecule has 0 aliphatic carbocycles. The average Bonchev–Trinajstić information content (AvgIpc) is 2.25. The zero-order valence-corrected chi connectivity index (χ0v) is 10.5. The van der Waals surface area contributed by atoms with E-state index in [0.717, 1.165) is 18.2 Å². The van der Waals surface area contributed by atoms with Gasteiger partial charge in [-0.05, 0) is 24.6 Å². The van der Waals surface area contributed by atoms with E-state index >= 15 is 0 Å². The molecule has 0 aliphatic rings. The van der Waals surface area contributed by atoms with Gasteiger partial charge in [-0.2, -0.15) is 13.2 Å². The molecule has 0 heterocycles. The summed E-state index contributed by atoms with van der Waals surface area (Å²) >= 11 is 3.00. The van der Waals surface area contributed by atoms with Crippen molar-refractivity contribution in [2.75, 3.05) is 0 Å². The summed E-state index contributed by atoms with van der Waals surface area (Å²) in [6.45, 7) is 1.04. The Morgan fingerprint density at radius 3 is 2.47 bits per heavy atom. The molecule has 0 amide bonds. The normalized spacial score (nSPS) is 13.5. The zero-order chi connectivity index (χ0) is 13.2. The number of Topliss-reactive ketones (excluding diaryl/α,β-unsaturated/α-hetero) is 1. The maximum atomic E-state index is 12.5. The van der Waals surface area contributed by atoms with Crippen LogP contribution in [0, 0.1) is 0 Å². The van der Waals surface area contributed by atoms with E-state index in [-0.39, 0.29) is 11.1 Å². The average molecular weight is 311 g/mol. The van der Waals surface area contributed by atoms with Crippen LogP contribution in [0.15, 0.2) is 18.2 Å². The number of alkyl halides is 4. The Labute approximate surface area is 105 Å². The minimum atomic E-state index is -4.50. The summed E-state index contributed by atoms with van der Waals surface area (Å²) in [6.07, 6.45) is -4.50. The molecule has 1 unspecified atom stereocenters. The Morgan fingerprint density at radius 2 is 2.06 bits per heavy atom. The van der Waals surface area contributed by atoms with Crippen LogP contribution >= 0.6 is 15.9 Å². The monoisotopic (exact) mass is 310 g/mol. The highest BCUT2D eigenvalue weighted by molar-refractivity contribution is 9.10. The lowest BCUT2D eigenvalue weighted by molar-refractivity contribution is -0.137. The largest absolute Gasteiger partial charge is 0.416 e. The maximum Gasteiger partial charge on any atom is 0.416 e. The Balaban J connectivity index is 3.30. The highest BCUT2D eigenvalue weighted by Gasteiger charge is 2.32. The van der Waals surface area contributed by atoms with Crippen LogP contribution in [0.4, 0.5) is 13.2 Å². The number of carbonyl (C=O) groups excluding carboxylic acids is 1. The Hall–Kier alpha value is -0.880. The van der Waals surface area contributed by atoms with Crippen LogP contribution in [0.1, 0.15) is 28.4 Å². The zero-order valence-electron chi connectivity index (χ0n) is 8.88. The maximum absolute atomic E-state index is 12.5. The topological polar surface area (TPSA) is 37.3 Å². The second-order valence-electron chi connectivity index (χ2n) is 3.51. The second-order valence-corrected chi connectivity index (χ2v) is 4.88. The first kappa shape index (κ1) is 14.2. The standard InChI is InChI=1S/C11H10BrF3O2/c1-6(12)10(17)9-4-8(11(13,14)15)3-2-7(9)5-16/h2-4,6,16H,5H2,1H3. The van der Waals surface area contributed by atoms with Crippen LogP contribution in [0.25, 0.3) is 0 Å². The second kappa shape index (κ2) is 5.18. The number of halogens is 4. The lowest BCUT2D eigenvalue weighted by Crippen LogP contribution is -2.15. The van der Waals surface area contributed by atoms with E-state index < -0.39 is 29.0 Å². The van der Waals surface area contributed by atoms with Gasteiger partial charge in [0.2, 0.25) is 0 Å². The van der Waals surface area contributed by atoms with E-state index in [4.69, 9.17) is 5.11 Å². The van der Waals surface area contributed by atoms with Crippen molar-refractivity contribution in [2.24, 2.45) is 0 Å². The predicted octanol–water partition coefficient (Wildman–Crippen LogP) is 3.16. The van der Waals surface area contributed by atoms with Gasteiger partial charge in [-0.15, -0.1) is 0 Å². The van der Waals surface area contributed by atoms with Crippen molar-refractivity contribution in [1.29, 1.82) is 0 Å². The Morgan fingerprint density at radius 1 is 1.47 bits per heavy atom. The molecule has 0 aliphatic heterocycles. The van der Waals surface area contributed by atoms with Crippen LogP contribution in [0.5, 0.6) is 0 Å².